The van der Waals surface area contributed by atoms with Crippen LogP contribution in [0.25, 0.3) is 0 Å². The Kier molecular flexibility index (Phi) is 3.83. The Morgan fingerprint density at radius 1 is 1.15 bits per heavy atom. The van der Waals surface area contributed by atoms with E-state index in [0.29, 0.717) is 17.9 Å². The van der Waals surface area contributed by atoms with Gasteiger partial charge in [-0.1, -0.05) is 36.4 Å². The lowest BCUT2D eigenvalue weighted by Gasteiger charge is -2.27. The highest BCUT2D eigenvalue weighted by atomic mass is 19.1. The lowest BCUT2D eigenvalue weighted by molar-refractivity contribution is 0.153. The number of halogens is 1. The summed E-state index contributed by atoms with van der Waals surface area (Å²) in [7, 11) is 0. The molecule has 0 amide bonds. The molecule has 20 heavy (non-hydrogen) atoms. The molecular formula is C18H19FO. The summed E-state index contributed by atoms with van der Waals surface area (Å²) in [6.45, 7) is 0. The fraction of sp³-hybridized carbons (Fsp3) is 0.333. The molecule has 0 aromatic heterocycles. The van der Waals surface area contributed by atoms with E-state index >= 15 is 0 Å². The number of hydrogen-bond acceptors (Lipinski definition) is 1. The van der Waals surface area contributed by atoms with Crippen LogP contribution in [0.2, 0.25) is 0 Å². The van der Waals surface area contributed by atoms with Crippen molar-refractivity contribution in [2.24, 2.45) is 0 Å². The standard InChI is InChI=1S/C18H19FO/c19-16-9-4-8-15(11-16)18(20)12-14-7-3-6-13-5-1-2-10-17(13)14/h1-2,4-5,8-11,14,18,20H,3,6-7,12H2. The van der Waals surface area contributed by atoms with Crippen molar-refractivity contribution in [3.8, 4) is 0 Å². The Morgan fingerprint density at radius 2 is 2.00 bits per heavy atom. The van der Waals surface area contributed by atoms with Gasteiger partial charge in [0.05, 0.1) is 6.10 Å². The molecule has 0 aliphatic heterocycles. The average Bonchev–Trinajstić information content (AvgIpc) is 2.47. The molecule has 104 valence electrons. The van der Waals surface area contributed by atoms with Gasteiger partial charge in [0, 0.05) is 0 Å². The van der Waals surface area contributed by atoms with Gasteiger partial charge in [0.2, 0.25) is 0 Å². The Morgan fingerprint density at radius 3 is 2.85 bits per heavy atom. The molecule has 0 saturated carbocycles. The molecule has 0 radical (unpaired) electrons. The van der Waals surface area contributed by atoms with Gasteiger partial charge >= 0.3 is 0 Å². The molecule has 0 bridgehead atoms. The second kappa shape index (κ2) is 5.76. The maximum atomic E-state index is 13.2. The van der Waals surface area contributed by atoms with Crippen LogP contribution in [0.5, 0.6) is 0 Å². The highest BCUT2D eigenvalue weighted by Gasteiger charge is 2.23. The Bertz CT molecular complexity index is 593. The zero-order chi connectivity index (χ0) is 13.9. The summed E-state index contributed by atoms with van der Waals surface area (Å²) in [5.41, 5.74) is 3.43. The second-order valence-electron chi connectivity index (χ2n) is 5.59. The molecule has 1 aliphatic carbocycles. The van der Waals surface area contributed by atoms with Crippen molar-refractivity contribution in [3.05, 3.63) is 71.0 Å². The van der Waals surface area contributed by atoms with Crippen LogP contribution < -0.4 is 0 Å². The summed E-state index contributed by atoms with van der Waals surface area (Å²) in [6.07, 6.45) is 3.46. The predicted octanol–water partition coefficient (Wildman–Crippen LogP) is 4.37. The number of aliphatic hydroxyl groups is 1. The first-order chi connectivity index (χ1) is 9.74. The van der Waals surface area contributed by atoms with Crippen molar-refractivity contribution in [2.75, 3.05) is 0 Å². The summed E-state index contributed by atoms with van der Waals surface area (Å²) in [6, 6.07) is 14.8. The summed E-state index contributed by atoms with van der Waals surface area (Å²) in [5, 5.41) is 10.4. The quantitative estimate of drug-likeness (QED) is 0.878. The van der Waals surface area contributed by atoms with Gasteiger partial charge in [0.25, 0.3) is 0 Å². The van der Waals surface area contributed by atoms with Crippen LogP contribution in [0, 0.1) is 5.82 Å². The highest BCUT2D eigenvalue weighted by Crippen LogP contribution is 2.37. The first-order valence-corrected chi connectivity index (χ1v) is 7.25. The predicted molar refractivity (Wildman–Crippen MR) is 78.1 cm³/mol. The van der Waals surface area contributed by atoms with Gasteiger partial charge in [-0.25, -0.2) is 4.39 Å². The smallest absolute Gasteiger partial charge is 0.123 e. The summed E-state index contributed by atoms with van der Waals surface area (Å²) >= 11 is 0. The van der Waals surface area contributed by atoms with E-state index in [1.165, 1.54) is 23.3 Å². The van der Waals surface area contributed by atoms with E-state index in [1.807, 2.05) is 0 Å². The van der Waals surface area contributed by atoms with Crippen LogP contribution in [0.4, 0.5) is 4.39 Å². The van der Waals surface area contributed by atoms with Crippen LogP contribution in [0.3, 0.4) is 0 Å². The summed E-state index contributed by atoms with van der Waals surface area (Å²) < 4.78 is 13.2. The molecule has 2 aromatic rings. The molecule has 0 saturated heterocycles. The van der Waals surface area contributed by atoms with E-state index in [4.69, 9.17) is 0 Å². The summed E-state index contributed by atoms with van der Waals surface area (Å²) in [5.74, 6) is 0.0869. The first kappa shape index (κ1) is 13.3. The zero-order valence-corrected chi connectivity index (χ0v) is 11.4. The largest absolute Gasteiger partial charge is 0.388 e. The number of aliphatic hydroxyl groups excluding tert-OH is 1. The molecule has 2 aromatic carbocycles. The summed E-state index contributed by atoms with van der Waals surface area (Å²) in [4.78, 5) is 0. The van der Waals surface area contributed by atoms with Crippen molar-refractivity contribution in [1.82, 2.24) is 0 Å². The minimum absolute atomic E-state index is 0.286. The Hall–Kier alpha value is -1.67. The second-order valence-corrected chi connectivity index (χ2v) is 5.59. The van der Waals surface area contributed by atoms with E-state index in [1.54, 1.807) is 12.1 Å². The molecule has 3 rings (SSSR count). The molecule has 2 atom stereocenters. The maximum absolute atomic E-state index is 13.2. The number of rotatable bonds is 3. The SMILES string of the molecule is OC(CC1CCCc2ccccc21)c1cccc(F)c1. The molecule has 2 unspecified atom stereocenters. The fourth-order valence-electron chi connectivity index (χ4n) is 3.22. The van der Waals surface area contributed by atoms with Crippen molar-refractivity contribution < 1.29 is 9.50 Å². The molecule has 1 aliphatic rings. The maximum Gasteiger partial charge on any atom is 0.123 e. The average molecular weight is 270 g/mol. The van der Waals surface area contributed by atoms with Crippen LogP contribution in [-0.4, -0.2) is 5.11 Å². The van der Waals surface area contributed by atoms with Crippen molar-refractivity contribution >= 4 is 0 Å². The minimum atomic E-state index is -0.596. The lowest BCUT2D eigenvalue weighted by Crippen LogP contribution is -2.13. The molecule has 0 spiro atoms. The van der Waals surface area contributed by atoms with Gasteiger partial charge < -0.3 is 5.11 Å². The van der Waals surface area contributed by atoms with E-state index < -0.39 is 6.10 Å². The Balaban J connectivity index is 1.79. The number of hydrogen-bond donors (Lipinski definition) is 1. The molecule has 2 heteroatoms. The lowest BCUT2D eigenvalue weighted by atomic mass is 9.79. The molecule has 0 heterocycles. The first-order valence-electron chi connectivity index (χ1n) is 7.25. The van der Waals surface area contributed by atoms with Crippen molar-refractivity contribution in [3.63, 3.8) is 0 Å². The minimum Gasteiger partial charge on any atom is -0.388 e. The van der Waals surface area contributed by atoms with Crippen LogP contribution in [0.1, 0.15) is 48.0 Å². The van der Waals surface area contributed by atoms with Crippen molar-refractivity contribution in [2.45, 2.75) is 37.7 Å². The number of fused-ring (bicyclic) bond motifs is 1. The fourth-order valence-corrected chi connectivity index (χ4v) is 3.22. The van der Waals surface area contributed by atoms with Gasteiger partial charge in [-0.05, 0) is 60.4 Å². The van der Waals surface area contributed by atoms with E-state index in [2.05, 4.69) is 24.3 Å². The molecule has 0 fully saturated rings. The third-order valence-electron chi connectivity index (χ3n) is 4.23. The number of aryl methyl sites for hydroxylation is 1. The third-order valence-corrected chi connectivity index (χ3v) is 4.23. The van der Waals surface area contributed by atoms with Gasteiger partial charge in [-0.2, -0.15) is 0 Å². The monoisotopic (exact) mass is 270 g/mol. The molecular weight excluding hydrogens is 251 g/mol. The zero-order valence-electron chi connectivity index (χ0n) is 11.4. The van der Waals surface area contributed by atoms with Gasteiger partial charge in [0.1, 0.15) is 5.82 Å². The van der Waals surface area contributed by atoms with Crippen molar-refractivity contribution in [1.29, 1.82) is 0 Å². The van der Waals surface area contributed by atoms with Crippen LogP contribution >= 0.6 is 0 Å². The van der Waals surface area contributed by atoms with E-state index in [0.717, 1.165) is 19.3 Å². The molecule has 1 N–H and O–H groups in total. The number of benzene rings is 2. The highest BCUT2D eigenvalue weighted by molar-refractivity contribution is 5.33. The topological polar surface area (TPSA) is 20.2 Å². The van der Waals surface area contributed by atoms with Gasteiger partial charge in [0.15, 0.2) is 0 Å². The normalized spacial score (nSPS) is 19.4. The van der Waals surface area contributed by atoms with Gasteiger partial charge in [-0.15, -0.1) is 0 Å². The van der Waals surface area contributed by atoms with Crippen LogP contribution in [-0.2, 0) is 6.42 Å². The van der Waals surface area contributed by atoms with E-state index in [-0.39, 0.29) is 5.82 Å². The van der Waals surface area contributed by atoms with E-state index in [9.17, 15) is 9.50 Å². The molecule has 1 nitrogen and oxygen atoms in total. The third kappa shape index (κ3) is 2.75. The van der Waals surface area contributed by atoms with Gasteiger partial charge in [-0.3, -0.25) is 0 Å². The Labute approximate surface area is 119 Å². The van der Waals surface area contributed by atoms with Crippen LogP contribution in [0.15, 0.2) is 48.5 Å².